The van der Waals surface area contributed by atoms with E-state index < -0.39 is 0 Å². The number of nitrogens with one attached hydrogen (secondary N) is 1. The summed E-state index contributed by atoms with van der Waals surface area (Å²) in [7, 11) is 0. The fourth-order valence-electron chi connectivity index (χ4n) is 1.81. The Morgan fingerprint density at radius 1 is 1.35 bits per heavy atom. The van der Waals surface area contributed by atoms with E-state index in [1.54, 1.807) is 11.3 Å². The highest BCUT2D eigenvalue weighted by Gasteiger charge is 2.17. The molecule has 1 N–H and O–H groups in total. The summed E-state index contributed by atoms with van der Waals surface area (Å²) in [5.41, 5.74) is 3.37. The summed E-state index contributed by atoms with van der Waals surface area (Å²) in [6.07, 6.45) is 0. The average molecular weight is 263 g/mol. The number of hydrogen-bond acceptors (Lipinski definition) is 3. The zero-order valence-electron chi connectivity index (χ0n) is 9.33. The Hall–Kier alpha value is -1.32. The minimum Gasteiger partial charge on any atom is -0.339 e. The van der Waals surface area contributed by atoms with E-state index in [1.807, 2.05) is 25.1 Å². The van der Waals surface area contributed by atoms with Crippen LogP contribution < -0.4 is 5.32 Å². The maximum absolute atomic E-state index is 6.10. The van der Waals surface area contributed by atoms with Crippen LogP contribution >= 0.6 is 22.9 Å². The van der Waals surface area contributed by atoms with Gasteiger partial charge in [-0.15, -0.1) is 11.3 Å². The lowest BCUT2D eigenvalue weighted by Crippen LogP contribution is -2.09. The monoisotopic (exact) mass is 262 g/mol. The fourth-order valence-corrected chi connectivity index (χ4v) is 2.87. The van der Waals surface area contributed by atoms with Gasteiger partial charge in [-0.1, -0.05) is 17.7 Å². The fraction of sp³-hybridized carbons (Fsp3) is 0.154. The van der Waals surface area contributed by atoms with Crippen LogP contribution in [0, 0.1) is 6.92 Å². The van der Waals surface area contributed by atoms with Crippen molar-refractivity contribution >= 4 is 34.5 Å². The molecule has 0 unspecified atom stereocenters. The maximum atomic E-state index is 6.10. The molecule has 2 heterocycles. The third-order valence-electron chi connectivity index (χ3n) is 2.80. The Labute approximate surface area is 109 Å². The Kier molecular flexibility index (Phi) is 2.65. The van der Waals surface area contributed by atoms with Crippen molar-refractivity contribution in [1.29, 1.82) is 0 Å². The molecule has 0 bridgehead atoms. The standard InChI is InChI=1S/C13H11ClN2S/c1-8-2-3-10(6-11(8)14)16-13-12-9(7-15-13)4-5-17-12/h2-6H,7H2,1H3,(H,15,16). The summed E-state index contributed by atoms with van der Waals surface area (Å²) >= 11 is 7.82. The number of rotatable bonds is 1. The molecule has 0 saturated carbocycles. The molecule has 0 fully saturated rings. The van der Waals surface area contributed by atoms with Crippen LogP contribution in [0.25, 0.3) is 0 Å². The first-order valence-corrected chi connectivity index (χ1v) is 6.64. The second kappa shape index (κ2) is 4.17. The molecule has 1 aromatic heterocycles. The van der Waals surface area contributed by atoms with E-state index in [0.717, 1.165) is 28.7 Å². The Morgan fingerprint density at radius 3 is 3.06 bits per heavy atom. The minimum absolute atomic E-state index is 0.778. The number of nitrogens with zero attached hydrogens (tertiary/aromatic N) is 1. The smallest absolute Gasteiger partial charge is 0.143 e. The highest BCUT2D eigenvalue weighted by molar-refractivity contribution is 7.12. The third-order valence-corrected chi connectivity index (χ3v) is 4.17. The molecular formula is C13H11ClN2S. The Morgan fingerprint density at radius 2 is 2.24 bits per heavy atom. The van der Waals surface area contributed by atoms with Crippen LogP contribution in [-0.4, -0.2) is 5.84 Å². The van der Waals surface area contributed by atoms with Crippen LogP contribution in [0.5, 0.6) is 0 Å². The molecule has 2 nitrogen and oxygen atoms in total. The summed E-state index contributed by atoms with van der Waals surface area (Å²) in [6.45, 7) is 2.78. The molecular weight excluding hydrogens is 252 g/mol. The lowest BCUT2D eigenvalue weighted by molar-refractivity contribution is 1.11. The molecule has 0 atom stereocenters. The van der Waals surface area contributed by atoms with Gasteiger partial charge in [0.05, 0.1) is 11.4 Å². The van der Waals surface area contributed by atoms with Gasteiger partial charge in [0, 0.05) is 10.7 Å². The van der Waals surface area contributed by atoms with Crippen molar-refractivity contribution < 1.29 is 0 Å². The largest absolute Gasteiger partial charge is 0.339 e. The normalized spacial score (nSPS) is 13.4. The van der Waals surface area contributed by atoms with Crippen molar-refractivity contribution in [3.63, 3.8) is 0 Å². The van der Waals surface area contributed by atoms with E-state index in [-0.39, 0.29) is 0 Å². The first kappa shape index (κ1) is 10.8. The van der Waals surface area contributed by atoms with Gasteiger partial charge in [0.25, 0.3) is 0 Å². The summed E-state index contributed by atoms with van der Waals surface area (Å²) < 4.78 is 0. The van der Waals surface area contributed by atoms with Gasteiger partial charge in [-0.3, -0.25) is 4.99 Å². The van der Waals surface area contributed by atoms with Gasteiger partial charge in [-0.2, -0.15) is 0 Å². The van der Waals surface area contributed by atoms with E-state index in [2.05, 4.69) is 21.8 Å². The predicted molar refractivity (Wildman–Crippen MR) is 74.4 cm³/mol. The topological polar surface area (TPSA) is 24.4 Å². The quantitative estimate of drug-likeness (QED) is 0.823. The number of benzene rings is 1. The first-order valence-electron chi connectivity index (χ1n) is 5.38. The van der Waals surface area contributed by atoms with Crippen LogP contribution in [-0.2, 0) is 6.54 Å². The van der Waals surface area contributed by atoms with Crippen LogP contribution in [0.3, 0.4) is 0 Å². The number of aliphatic imine (C=N–C) groups is 1. The van der Waals surface area contributed by atoms with Crippen LogP contribution in [0.1, 0.15) is 16.0 Å². The molecule has 1 aliphatic heterocycles. The van der Waals surface area contributed by atoms with Crippen LogP contribution in [0.4, 0.5) is 5.69 Å². The zero-order valence-corrected chi connectivity index (χ0v) is 10.9. The van der Waals surface area contributed by atoms with E-state index in [0.29, 0.717) is 0 Å². The predicted octanol–water partition coefficient (Wildman–Crippen LogP) is 4.08. The lowest BCUT2D eigenvalue weighted by Gasteiger charge is -2.07. The summed E-state index contributed by atoms with van der Waals surface area (Å²) in [5.74, 6) is 0.954. The summed E-state index contributed by atoms with van der Waals surface area (Å²) in [4.78, 5) is 5.72. The van der Waals surface area contributed by atoms with E-state index in [9.17, 15) is 0 Å². The molecule has 0 aliphatic carbocycles. The molecule has 1 aromatic carbocycles. The molecule has 86 valence electrons. The first-order chi connectivity index (χ1) is 8.24. The molecule has 17 heavy (non-hydrogen) atoms. The number of halogens is 1. The van der Waals surface area contributed by atoms with Gasteiger partial charge in [0.15, 0.2) is 0 Å². The van der Waals surface area contributed by atoms with Gasteiger partial charge in [-0.05, 0) is 41.6 Å². The highest BCUT2D eigenvalue weighted by Crippen LogP contribution is 2.26. The second-order valence-corrected chi connectivity index (χ2v) is 5.35. The van der Waals surface area contributed by atoms with Gasteiger partial charge in [0.1, 0.15) is 5.84 Å². The SMILES string of the molecule is Cc1ccc(NC2=NCc3ccsc32)cc1Cl. The van der Waals surface area contributed by atoms with Gasteiger partial charge >= 0.3 is 0 Å². The molecule has 0 amide bonds. The second-order valence-electron chi connectivity index (χ2n) is 4.03. The molecule has 1 aliphatic rings. The van der Waals surface area contributed by atoms with Crippen LogP contribution in [0.15, 0.2) is 34.6 Å². The highest BCUT2D eigenvalue weighted by atomic mass is 35.5. The van der Waals surface area contributed by atoms with Crippen molar-refractivity contribution in [1.82, 2.24) is 0 Å². The third kappa shape index (κ3) is 1.96. The molecule has 4 heteroatoms. The van der Waals surface area contributed by atoms with E-state index >= 15 is 0 Å². The van der Waals surface area contributed by atoms with Crippen molar-refractivity contribution in [2.45, 2.75) is 13.5 Å². The number of amidine groups is 1. The van der Waals surface area contributed by atoms with Gasteiger partial charge in [0.2, 0.25) is 0 Å². The molecule has 3 rings (SSSR count). The summed E-state index contributed by atoms with van der Waals surface area (Å²) in [6, 6.07) is 8.09. The van der Waals surface area contributed by atoms with E-state index in [4.69, 9.17) is 11.6 Å². The molecule has 0 saturated heterocycles. The van der Waals surface area contributed by atoms with Crippen molar-refractivity contribution in [3.8, 4) is 0 Å². The number of thiophene rings is 1. The average Bonchev–Trinajstić information content (AvgIpc) is 2.88. The Bertz CT molecular complexity index is 601. The number of fused-ring (bicyclic) bond motifs is 1. The molecule has 0 spiro atoms. The maximum Gasteiger partial charge on any atom is 0.143 e. The number of anilines is 1. The summed E-state index contributed by atoms with van der Waals surface area (Å²) in [5, 5.41) is 6.21. The van der Waals surface area contributed by atoms with Crippen molar-refractivity contribution in [3.05, 3.63) is 50.7 Å². The zero-order chi connectivity index (χ0) is 11.8. The van der Waals surface area contributed by atoms with Crippen LogP contribution in [0.2, 0.25) is 5.02 Å². The van der Waals surface area contributed by atoms with Gasteiger partial charge in [-0.25, -0.2) is 0 Å². The lowest BCUT2D eigenvalue weighted by atomic mass is 10.2. The van der Waals surface area contributed by atoms with E-state index in [1.165, 1.54) is 10.4 Å². The van der Waals surface area contributed by atoms with Crippen molar-refractivity contribution in [2.75, 3.05) is 5.32 Å². The van der Waals surface area contributed by atoms with Gasteiger partial charge < -0.3 is 5.32 Å². The Balaban J connectivity index is 1.87. The number of hydrogen-bond donors (Lipinski definition) is 1. The number of aryl methyl sites for hydroxylation is 1. The molecule has 0 radical (unpaired) electrons. The minimum atomic E-state index is 0.778. The van der Waals surface area contributed by atoms with Crippen molar-refractivity contribution in [2.24, 2.45) is 4.99 Å². The molecule has 2 aromatic rings.